The van der Waals surface area contributed by atoms with Crippen LogP contribution < -0.4 is 66.7 Å². The van der Waals surface area contributed by atoms with Gasteiger partial charge >= 0.3 is 51.9 Å². The van der Waals surface area contributed by atoms with E-state index in [1.54, 1.807) is 134 Å². The van der Waals surface area contributed by atoms with E-state index in [0.29, 0.717) is 71.2 Å². The van der Waals surface area contributed by atoms with Gasteiger partial charge in [0.05, 0.1) is 78.6 Å². The van der Waals surface area contributed by atoms with E-state index < -0.39 is 92.3 Å². The maximum Gasteiger partial charge on any atom is 3.00 e. The number of anilines is 4. The SMILES string of the molecule is CC(O)C(=O)O.CC(O)C(=O)O.CC(O)C(=O)[O-].CC1=NN(c2ccc(N=Nc3c(C)c(-[n+]4ccccc4)c(=O)n(CCCN(C)C)c3[O-])cc2)C(=O)/C1=N/Nc1cc([N+](=O)[O-])ccc1[O-].CC1=NN(c2ccc(N=Nc3c(C)c(-[n+]4ccccc4)c(=O)n(CCCN(C)C)c3[O-])cc2)C(=O)/C1=N\Nc1cc([N+](=O)[O-])ccc1[O-].[Fe+3]. The van der Waals surface area contributed by atoms with Gasteiger partial charge in [0, 0.05) is 61.6 Å². The fourth-order valence-corrected chi connectivity index (χ4v) is 9.81. The molecule has 0 spiro atoms. The second-order valence-electron chi connectivity index (χ2n) is 25.1. The third kappa shape index (κ3) is 25.1. The Hall–Kier alpha value is -13.8. The number of hydrazone groups is 4. The Morgan fingerprint density at radius 3 is 1.11 bits per heavy atom. The van der Waals surface area contributed by atoms with Crippen molar-refractivity contribution in [3.63, 3.8) is 0 Å². The number of rotatable bonds is 25. The molecule has 6 heterocycles. The number of carboxylic acid groups (broad SMARTS) is 3. The Kier molecular flexibility index (Phi) is 34.0. The number of aliphatic hydroxyl groups is 3. The molecule has 0 saturated heterocycles. The molecule has 1 radical (unpaired) electrons. The van der Waals surface area contributed by atoms with Crippen LogP contribution in [0.15, 0.2) is 197 Å². The number of carboxylic acids is 3. The summed E-state index contributed by atoms with van der Waals surface area (Å²) in [7, 11) is 7.65. The number of aromatic nitrogens is 4. The maximum atomic E-state index is 13.5. The van der Waals surface area contributed by atoms with Crippen LogP contribution in [0.5, 0.6) is 23.3 Å². The van der Waals surface area contributed by atoms with Crippen molar-refractivity contribution in [1.29, 1.82) is 0 Å². The standard InChI is InChI=1S/2C32H32N10O6.3C3H6O3.Fe/c2*1-20-27(30(44)40(18-8-15-38(3)4)32(46)29(20)39-16-6-5-7-17-39)35-33-22-9-11-23(12-10-22)41-31(45)28(21(2)37-41)36-34-25-19-24(42(47)48)13-14-26(25)43;3*1-2(4)3(5)6;/h2*5-7,9-14,16-17,19H,8,15,18H2,1-4H3,(H2-,33,34,35,36,37,43,44,45,46);3*2,4H,1H3,(H,5,6);/q;;;;;+3/p-3. The normalized spacial score (nSPS) is 13.8. The van der Waals surface area contributed by atoms with E-state index in [-0.39, 0.29) is 87.1 Å². The molecule has 2 amide bonds. The van der Waals surface area contributed by atoms with Crippen molar-refractivity contribution in [3.05, 3.63) is 198 Å². The zero-order valence-corrected chi connectivity index (χ0v) is 64.6. The molecule has 3 atom stereocenters. The van der Waals surface area contributed by atoms with Gasteiger partial charge in [-0.3, -0.25) is 50.3 Å². The van der Waals surface area contributed by atoms with Crippen LogP contribution in [0.1, 0.15) is 58.6 Å². The summed E-state index contributed by atoms with van der Waals surface area (Å²) in [4.78, 5) is 106. The molecule has 4 aromatic heterocycles. The molecule has 4 aromatic carbocycles. The van der Waals surface area contributed by atoms with Gasteiger partial charge in [-0.2, -0.15) is 49.8 Å². The van der Waals surface area contributed by atoms with E-state index in [9.17, 15) is 79.3 Å². The van der Waals surface area contributed by atoms with Gasteiger partial charge in [-0.25, -0.2) is 9.59 Å². The van der Waals surface area contributed by atoms with Crippen molar-refractivity contribution in [2.75, 3.05) is 62.1 Å². The summed E-state index contributed by atoms with van der Waals surface area (Å²) in [6, 6.07) is 29.7. The largest absolute Gasteiger partial charge is 3.00 e. The number of nitro groups is 2. The number of non-ortho nitro benzene ring substituents is 2. The van der Waals surface area contributed by atoms with E-state index in [1.807, 2.05) is 50.1 Å². The number of aliphatic hydroxyl groups excluding tert-OH is 3. The predicted molar refractivity (Wildman–Crippen MR) is 404 cm³/mol. The minimum atomic E-state index is -1.44. The van der Waals surface area contributed by atoms with E-state index in [2.05, 4.69) is 51.7 Å². The summed E-state index contributed by atoms with van der Waals surface area (Å²) in [5.41, 5.74) is 6.33. The van der Waals surface area contributed by atoms with Gasteiger partial charge in [-0.15, -0.1) is 10.2 Å². The predicted octanol–water partition coefficient (Wildman–Crippen LogP) is 3.11. The number of pyridine rings is 4. The first-order valence-electron chi connectivity index (χ1n) is 34.1. The number of aliphatic carboxylic acids is 3. The summed E-state index contributed by atoms with van der Waals surface area (Å²) >= 11 is 0. The summed E-state index contributed by atoms with van der Waals surface area (Å²) in [5.74, 6) is -7.16. The fraction of sp³-hybridized carbons (Fsp3) is 0.274. The molecule has 605 valence electrons. The molecule has 3 unspecified atom stereocenters. The summed E-state index contributed by atoms with van der Waals surface area (Å²) in [6.07, 6.45) is 4.25. The van der Waals surface area contributed by atoms with E-state index in [4.69, 9.17) is 25.5 Å². The zero-order chi connectivity index (χ0) is 84.5. The van der Waals surface area contributed by atoms with Crippen molar-refractivity contribution in [3.8, 4) is 34.6 Å². The molecule has 41 nitrogen and oxygen atoms in total. The molecule has 10 rings (SSSR count). The Labute approximate surface area is 665 Å². The molecule has 42 heteroatoms. The molecule has 0 saturated carbocycles. The molecule has 7 N–H and O–H groups in total. The summed E-state index contributed by atoms with van der Waals surface area (Å²) in [5, 5.41) is 158. The van der Waals surface area contributed by atoms with Crippen LogP contribution >= 0.6 is 0 Å². The third-order valence-electron chi connectivity index (χ3n) is 15.8. The van der Waals surface area contributed by atoms with Crippen LogP contribution in [0.4, 0.5) is 56.9 Å². The number of hydrogen-bond acceptors (Lipinski definition) is 31. The number of azo groups is 2. The molecule has 0 bridgehead atoms. The van der Waals surface area contributed by atoms with Crippen molar-refractivity contribution in [2.24, 2.45) is 40.9 Å². The smallest absolute Gasteiger partial charge is 0.871 e. The van der Waals surface area contributed by atoms with Crippen LogP contribution in [0, 0.1) is 34.1 Å². The summed E-state index contributed by atoms with van der Waals surface area (Å²) in [6.45, 7) is 11.7. The molecule has 0 aliphatic carbocycles. The van der Waals surface area contributed by atoms with E-state index in [1.165, 1.54) is 23.0 Å². The fourth-order valence-electron chi connectivity index (χ4n) is 9.81. The monoisotopic (exact) mass is 1630 g/mol. The van der Waals surface area contributed by atoms with Gasteiger partial charge in [-0.1, -0.05) is 35.8 Å². The second kappa shape index (κ2) is 42.6. The third-order valence-corrected chi connectivity index (χ3v) is 15.8. The molecular formula is C73H79FeN20O21. The topological polar surface area (TPSA) is 576 Å². The maximum absolute atomic E-state index is 13.5. The average Bonchev–Trinajstić information content (AvgIpc) is 1.68. The van der Waals surface area contributed by atoms with Crippen molar-refractivity contribution in [2.45, 2.75) is 92.7 Å². The number of carbonyl (C=O) groups is 5. The van der Waals surface area contributed by atoms with Crippen LogP contribution in [-0.4, -0.2) is 166 Å². The number of nitro benzene ring substituents is 2. The second-order valence-corrected chi connectivity index (χ2v) is 25.1. The Morgan fingerprint density at radius 1 is 0.522 bits per heavy atom. The molecule has 8 aromatic rings. The Morgan fingerprint density at radius 2 is 0.835 bits per heavy atom. The zero-order valence-electron chi connectivity index (χ0n) is 63.5. The number of nitrogens with one attached hydrogen (secondary N) is 2. The van der Waals surface area contributed by atoms with Crippen molar-refractivity contribution < 1.29 is 111 Å². The first kappa shape index (κ1) is 91.8. The van der Waals surface area contributed by atoms with Gasteiger partial charge in [0.1, 0.15) is 23.6 Å². The van der Waals surface area contributed by atoms with Gasteiger partial charge in [-0.05, 0) is 163 Å². The molecule has 115 heavy (non-hydrogen) atoms. The number of amides is 2. The minimum absolute atomic E-state index is 0. The van der Waals surface area contributed by atoms with Crippen molar-refractivity contribution >= 4 is 109 Å². The van der Waals surface area contributed by atoms with Crippen LogP contribution in [0.2, 0.25) is 0 Å². The van der Waals surface area contributed by atoms with Crippen LogP contribution in [0.3, 0.4) is 0 Å². The Balaban J connectivity index is 0.000000335. The number of benzene rings is 4. The van der Waals surface area contributed by atoms with E-state index >= 15 is 0 Å². The Bertz CT molecular complexity index is 4840. The number of carbonyl (C=O) groups excluding carboxylic acids is 3. The van der Waals surface area contributed by atoms with Crippen molar-refractivity contribution in [1.82, 2.24) is 18.9 Å². The van der Waals surface area contributed by atoms with Gasteiger partial charge in [0.2, 0.25) is 0 Å². The van der Waals surface area contributed by atoms with Gasteiger partial charge < -0.3 is 74.8 Å². The first-order valence-corrected chi connectivity index (χ1v) is 34.1. The van der Waals surface area contributed by atoms with E-state index in [0.717, 1.165) is 53.3 Å². The molecule has 2 aliphatic rings. The molecule has 0 fully saturated rings. The van der Waals surface area contributed by atoms with Crippen LogP contribution in [0.25, 0.3) is 11.4 Å². The molecule has 2 aliphatic heterocycles. The number of hydrogen-bond donors (Lipinski definition) is 7. The minimum Gasteiger partial charge on any atom is -0.871 e. The van der Waals surface area contributed by atoms with Crippen LogP contribution in [-0.2, 0) is 54.1 Å². The summed E-state index contributed by atoms with van der Waals surface area (Å²) < 4.78 is 5.68. The quantitative estimate of drug-likeness (QED) is 0.0142. The van der Waals surface area contributed by atoms with Gasteiger partial charge in [0.25, 0.3) is 22.7 Å². The average molecular weight is 1630 g/mol. The van der Waals surface area contributed by atoms with Gasteiger partial charge in [0.15, 0.2) is 36.2 Å². The first-order chi connectivity index (χ1) is 53.8. The number of nitrogens with zero attached hydrogens (tertiary/aromatic N) is 18. The molecular weight excluding hydrogens is 1550 g/mol.